The van der Waals surface area contributed by atoms with Crippen molar-refractivity contribution in [2.75, 3.05) is 18.1 Å². The van der Waals surface area contributed by atoms with Gasteiger partial charge in [0.15, 0.2) is 10.8 Å². The van der Waals surface area contributed by atoms with Crippen molar-refractivity contribution in [1.29, 1.82) is 0 Å². The molecule has 6 heteroatoms. The molecule has 1 fully saturated rings. The van der Waals surface area contributed by atoms with E-state index in [4.69, 9.17) is 5.73 Å². The molecule has 0 spiro atoms. The quantitative estimate of drug-likeness (QED) is 0.872. The molecule has 3 rings (SSSR count). The van der Waals surface area contributed by atoms with Crippen molar-refractivity contribution in [1.82, 2.24) is 9.38 Å². The lowest BCUT2D eigenvalue weighted by molar-refractivity contribution is 0.244. The van der Waals surface area contributed by atoms with Crippen molar-refractivity contribution >= 4 is 22.1 Å². The summed E-state index contributed by atoms with van der Waals surface area (Å²) < 4.78 is 2.05. The highest BCUT2D eigenvalue weighted by Crippen LogP contribution is 2.32. The van der Waals surface area contributed by atoms with Gasteiger partial charge in [0, 0.05) is 24.7 Å². The molecule has 98 valence electrons. The Morgan fingerprint density at radius 2 is 2.44 bits per heavy atom. The molecule has 2 aromatic heterocycles. The second-order valence-corrected chi connectivity index (χ2v) is 5.72. The highest BCUT2D eigenvalue weighted by Gasteiger charge is 2.33. The summed E-state index contributed by atoms with van der Waals surface area (Å²) in [5, 5.41) is 11.6. The van der Waals surface area contributed by atoms with E-state index < -0.39 is 0 Å². The summed E-state index contributed by atoms with van der Waals surface area (Å²) in [6, 6.07) is 0.167. The number of hydrogen-bond donors (Lipinski definition) is 2. The van der Waals surface area contributed by atoms with Gasteiger partial charge in [-0.3, -0.25) is 4.40 Å². The lowest BCUT2D eigenvalue weighted by atomic mass is 10.0. The Kier molecular flexibility index (Phi) is 3.01. The lowest BCUT2D eigenvalue weighted by Crippen LogP contribution is -2.36. The van der Waals surface area contributed by atoms with Gasteiger partial charge in [0.1, 0.15) is 0 Å². The van der Waals surface area contributed by atoms with Crippen molar-refractivity contribution in [2.24, 2.45) is 11.7 Å². The fourth-order valence-electron chi connectivity index (χ4n) is 2.79. The maximum Gasteiger partial charge on any atom is 0.195 e. The number of aliphatic hydroxyl groups excluding tert-OH is 1. The number of imidazole rings is 1. The Morgan fingerprint density at radius 1 is 1.61 bits per heavy atom. The standard InChI is InChI=1S/C12H18N4OS/c1-8-2-3-15(10(8)7-17)11-9(6-13)16-4-5-18-12(16)14-11/h4-5,8,10,17H,2-3,6-7,13H2,1H3. The highest BCUT2D eigenvalue weighted by atomic mass is 32.1. The molecule has 2 aromatic rings. The van der Waals surface area contributed by atoms with Gasteiger partial charge < -0.3 is 15.7 Å². The smallest absolute Gasteiger partial charge is 0.195 e. The van der Waals surface area contributed by atoms with Crippen LogP contribution in [-0.2, 0) is 6.54 Å². The maximum absolute atomic E-state index is 9.55. The van der Waals surface area contributed by atoms with E-state index in [-0.39, 0.29) is 12.6 Å². The summed E-state index contributed by atoms with van der Waals surface area (Å²) in [6.45, 7) is 3.78. The Hall–Kier alpha value is -1.11. The van der Waals surface area contributed by atoms with E-state index in [9.17, 15) is 5.11 Å². The summed E-state index contributed by atoms with van der Waals surface area (Å²) in [7, 11) is 0. The normalized spacial score (nSPS) is 24.3. The van der Waals surface area contributed by atoms with Crippen LogP contribution in [-0.4, -0.2) is 33.7 Å². The van der Waals surface area contributed by atoms with E-state index in [2.05, 4.69) is 21.2 Å². The Balaban J connectivity index is 2.05. The molecule has 18 heavy (non-hydrogen) atoms. The van der Waals surface area contributed by atoms with Crippen molar-refractivity contribution in [3.8, 4) is 0 Å². The first kappa shape index (κ1) is 12.0. The van der Waals surface area contributed by atoms with E-state index in [1.54, 1.807) is 11.3 Å². The molecule has 0 saturated carbocycles. The predicted molar refractivity (Wildman–Crippen MR) is 73.0 cm³/mol. The number of aliphatic hydroxyl groups is 1. The van der Waals surface area contributed by atoms with Crippen LogP contribution in [0.3, 0.4) is 0 Å². The summed E-state index contributed by atoms with van der Waals surface area (Å²) in [4.78, 5) is 7.86. The lowest BCUT2D eigenvalue weighted by Gasteiger charge is -2.26. The summed E-state index contributed by atoms with van der Waals surface area (Å²) >= 11 is 1.61. The molecule has 2 unspecified atom stereocenters. The molecule has 1 saturated heterocycles. The third kappa shape index (κ3) is 1.64. The second-order valence-electron chi connectivity index (χ2n) is 4.85. The van der Waals surface area contributed by atoms with Gasteiger partial charge in [-0.15, -0.1) is 11.3 Å². The van der Waals surface area contributed by atoms with Crippen LogP contribution >= 0.6 is 11.3 Å². The highest BCUT2D eigenvalue weighted by molar-refractivity contribution is 7.15. The van der Waals surface area contributed by atoms with Gasteiger partial charge in [0.05, 0.1) is 18.3 Å². The molecule has 3 N–H and O–H groups in total. The van der Waals surface area contributed by atoms with Gasteiger partial charge in [-0.25, -0.2) is 4.98 Å². The molecule has 5 nitrogen and oxygen atoms in total. The van der Waals surface area contributed by atoms with E-state index in [0.717, 1.165) is 29.4 Å². The van der Waals surface area contributed by atoms with E-state index in [1.165, 1.54) is 0 Å². The van der Waals surface area contributed by atoms with Crippen molar-refractivity contribution in [3.05, 3.63) is 17.3 Å². The zero-order chi connectivity index (χ0) is 12.7. The molecule has 0 aromatic carbocycles. The van der Waals surface area contributed by atoms with Crippen LogP contribution in [0.2, 0.25) is 0 Å². The minimum absolute atomic E-state index is 0.167. The third-order valence-electron chi connectivity index (χ3n) is 3.87. The number of thiazole rings is 1. The van der Waals surface area contributed by atoms with Crippen LogP contribution in [0.1, 0.15) is 19.0 Å². The van der Waals surface area contributed by atoms with E-state index >= 15 is 0 Å². The zero-order valence-corrected chi connectivity index (χ0v) is 11.2. The number of nitrogens with zero attached hydrogens (tertiary/aromatic N) is 3. The number of anilines is 1. The Morgan fingerprint density at radius 3 is 3.17 bits per heavy atom. The van der Waals surface area contributed by atoms with Crippen LogP contribution in [0.4, 0.5) is 5.82 Å². The predicted octanol–water partition coefficient (Wildman–Crippen LogP) is 1.06. The summed E-state index contributed by atoms with van der Waals surface area (Å²) in [5.74, 6) is 1.45. The number of aromatic nitrogens is 2. The number of rotatable bonds is 3. The molecule has 0 aliphatic carbocycles. The van der Waals surface area contributed by atoms with Crippen LogP contribution < -0.4 is 10.6 Å². The molecular weight excluding hydrogens is 248 g/mol. The fourth-order valence-corrected chi connectivity index (χ4v) is 3.52. The molecule has 1 aliphatic rings. The maximum atomic E-state index is 9.55. The number of hydrogen-bond acceptors (Lipinski definition) is 5. The first-order valence-electron chi connectivity index (χ1n) is 6.28. The van der Waals surface area contributed by atoms with E-state index in [0.29, 0.717) is 12.5 Å². The minimum Gasteiger partial charge on any atom is -0.394 e. The molecule has 3 heterocycles. The summed E-state index contributed by atoms with van der Waals surface area (Å²) in [5.41, 5.74) is 6.90. The van der Waals surface area contributed by atoms with Crippen molar-refractivity contribution in [3.63, 3.8) is 0 Å². The van der Waals surface area contributed by atoms with Gasteiger partial charge in [0.2, 0.25) is 0 Å². The first-order chi connectivity index (χ1) is 8.76. The number of nitrogens with two attached hydrogens (primary N) is 1. The average molecular weight is 266 g/mol. The average Bonchev–Trinajstić information content (AvgIpc) is 3.01. The molecule has 0 amide bonds. The second kappa shape index (κ2) is 4.53. The number of fused-ring (bicyclic) bond motifs is 1. The molecule has 0 bridgehead atoms. The first-order valence-corrected chi connectivity index (χ1v) is 7.16. The largest absolute Gasteiger partial charge is 0.394 e. The topological polar surface area (TPSA) is 66.8 Å². The van der Waals surface area contributed by atoms with Crippen molar-refractivity contribution < 1.29 is 5.11 Å². The Labute approximate surface area is 110 Å². The van der Waals surface area contributed by atoms with Gasteiger partial charge in [-0.05, 0) is 12.3 Å². The van der Waals surface area contributed by atoms with Gasteiger partial charge in [0.25, 0.3) is 0 Å². The SMILES string of the molecule is CC1CCN(c2nc3sccn3c2CN)C1CO. The van der Waals surface area contributed by atoms with Crippen LogP contribution in [0, 0.1) is 5.92 Å². The zero-order valence-electron chi connectivity index (χ0n) is 10.4. The molecule has 2 atom stereocenters. The third-order valence-corrected chi connectivity index (χ3v) is 4.63. The molecule has 0 radical (unpaired) electrons. The molecule has 1 aliphatic heterocycles. The molecular formula is C12H18N4OS. The van der Waals surface area contributed by atoms with E-state index in [1.807, 2.05) is 11.6 Å². The van der Waals surface area contributed by atoms with Gasteiger partial charge >= 0.3 is 0 Å². The minimum atomic E-state index is 0.167. The monoisotopic (exact) mass is 266 g/mol. The van der Waals surface area contributed by atoms with Crippen LogP contribution in [0.25, 0.3) is 4.96 Å². The van der Waals surface area contributed by atoms with Gasteiger partial charge in [-0.1, -0.05) is 6.92 Å². The van der Waals surface area contributed by atoms with Gasteiger partial charge in [-0.2, -0.15) is 0 Å². The summed E-state index contributed by atoms with van der Waals surface area (Å²) in [6.07, 6.45) is 3.10. The fraction of sp³-hybridized carbons (Fsp3) is 0.583. The van der Waals surface area contributed by atoms with Crippen LogP contribution in [0.15, 0.2) is 11.6 Å². The van der Waals surface area contributed by atoms with Crippen LogP contribution in [0.5, 0.6) is 0 Å². The Bertz CT molecular complexity index is 549. The van der Waals surface area contributed by atoms with Crippen molar-refractivity contribution in [2.45, 2.75) is 25.9 Å².